The van der Waals surface area contributed by atoms with Gasteiger partial charge in [-0.1, -0.05) is 17.3 Å². The van der Waals surface area contributed by atoms with Gasteiger partial charge in [-0.3, -0.25) is 4.90 Å². The van der Waals surface area contributed by atoms with E-state index in [2.05, 4.69) is 5.16 Å². The first-order chi connectivity index (χ1) is 9.41. The van der Waals surface area contributed by atoms with E-state index >= 15 is 0 Å². The lowest BCUT2D eigenvalue weighted by Crippen LogP contribution is -2.40. The lowest BCUT2D eigenvalue weighted by atomic mass is 10.1. The molecule has 0 amide bonds. The van der Waals surface area contributed by atoms with E-state index in [9.17, 15) is 13.2 Å². The number of halogens is 3. The van der Waals surface area contributed by atoms with Crippen molar-refractivity contribution in [1.29, 1.82) is 0 Å². The quantitative estimate of drug-likeness (QED) is 0.388. The summed E-state index contributed by atoms with van der Waals surface area (Å²) in [4.78, 5) is 2.00. The molecule has 3 N–H and O–H groups in total. The first-order valence-corrected chi connectivity index (χ1v) is 6.29. The SMILES string of the molecule is NC(=NO)C1CCCN1Cc1ccc(C(F)(F)F)cc1. The normalized spacial score (nSPS) is 21.4. The molecule has 1 aromatic carbocycles. The van der Waals surface area contributed by atoms with Gasteiger partial charge in [0.15, 0.2) is 5.84 Å². The van der Waals surface area contributed by atoms with Crippen LogP contribution in [0.15, 0.2) is 29.4 Å². The van der Waals surface area contributed by atoms with Crippen LogP contribution >= 0.6 is 0 Å². The fourth-order valence-corrected chi connectivity index (χ4v) is 2.45. The molecule has 0 saturated carbocycles. The highest BCUT2D eigenvalue weighted by Gasteiger charge is 2.31. The molecule has 1 saturated heterocycles. The molecule has 1 aromatic rings. The van der Waals surface area contributed by atoms with Gasteiger partial charge in [0, 0.05) is 6.54 Å². The summed E-state index contributed by atoms with van der Waals surface area (Å²) >= 11 is 0. The number of nitrogens with zero attached hydrogens (tertiary/aromatic N) is 2. The van der Waals surface area contributed by atoms with Crippen LogP contribution in [0, 0.1) is 0 Å². The number of hydrogen-bond acceptors (Lipinski definition) is 3. The summed E-state index contributed by atoms with van der Waals surface area (Å²) < 4.78 is 37.4. The van der Waals surface area contributed by atoms with Gasteiger partial charge < -0.3 is 10.9 Å². The molecule has 0 spiro atoms. The van der Waals surface area contributed by atoms with Crippen molar-refractivity contribution < 1.29 is 18.4 Å². The number of likely N-dealkylation sites (tertiary alicyclic amines) is 1. The van der Waals surface area contributed by atoms with Gasteiger partial charge >= 0.3 is 6.18 Å². The van der Waals surface area contributed by atoms with E-state index in [-0.39, 0.29) is 11.9 Å². The molecule has 20 heavy (non-hydrogen) atoms. The summed E-state index contributed by atoms with van der Waals surface area (Å²) in [6.07, 6.45) is -2.61. The molecule has 1 fully saturated rings. The zero-order chi connectivity index (χ0) is 14.8. The molecule has 1 atom stereocenters. The first-order valence-electron chi connectivity index (χ1n) is 6.29. The number of oxime groups is 1. The number of benzene rings is 1. The summed E-state index contributed by atoms with van der Waals surface area (Å²) in [5.74, 6) is 0.148. The van der Waals surface area contributed by atoms with Gasteiger partial charge in [0.25, 0.3) is 0 Å². The van der Waals surface area contributed by atoms with Gasteiger partial charge in [0.05, 0.1) is 11.6 Å². The third kappa shape index (κ3) is 3.22. The molecule has 0 aliphatic carbocycles. The van der Waals surface area contributed by atoms with Crippen molar-refractivity contribution in [2.24, 2.45) is 10.9 Å². The Morgan fingerprint density at radius 1 is 1.35 bits per heavy atom. The topological polar surface area (TPSA) is 61.9 Å². The Hall–Kier alpha value is -1.76. The van der Waals surface area contributed by atoms with E-state index in [1.807, 2.05) is 4.90 Å². The summed E-state index contributed by atoms with van der Waals surface area (Å²) in [7, 11) is 0. The van der Waals surface area contributed by atoms with Crippen molar-refractivity contribution in [3.8, 4) is 0 Å². The predicted octanol–water partition coefficient (Wildman–Crippen LogP) is 2.42. The molecule has 0 aromatic heterocycles. The van der Waals surface area contributed by atoms with Gasteiger partial charge in [0.1, 0.15) is 0 Å². The zero-order valence-corrected chi connectivity index (χ0v) is 10.8. The van der Waals surface area contributed by atoms with Gasteiger partial charge in [0.2, 0.25) is 0 Å². The monoisotopic (exact) mass is 287 g/mol. The van der Waals surface area contributed by atoms with Crippen LogP contribution in [0.4, 0.5) is 13.2 Å². The van der Waals surface area contributed by atoms with Crippen LogP contribution in [0.3, 0.4) is 0 Å². The number of alkyl halides is 3. The minimum Gasteiger partial charge on any atom is -0.409 e. The van der Waals surface area contributed by atoms with Crippen LogP contribution in [0.5, 0.6) is 0 Å². The van der Waals surface area contributed by atoms with Crippen LogP contribution < -0.4 is 5.73 Å². The largest absolute Gasteiger partial charge is 0.416 e. The average molecular weight is 287 g/mol. The van der Waals surface area contributed by atoms with Gasteiger partial charge in [-0.15, -0.1) is 0 Å². The highest BCUT2D eigenvalue weighted by atomic mass is 19.4. The second-order valence-corrected chi connectivity index (χ2v) is 4.85. The molecule has 1 aliphatic rings. The lowest BCUT2D eigenvalue weighted by molar-refractivity contribution is -0.137. The molecule has 110 valence electrons. The highest BCUT2D eigenvalue weighted by Crippen LogP contribution is 2.29. The van der Waals surface area contributed by atoms with Crippen LogP contribution in [-0.4, -0.2) is 28.5 Å². The molecule has 4 nitrogen and oxygen atoms in total. The van der Waals surface area contributed by atoms with Gasteiger partial charge in [-0.05, 0) is 37.1 Å². The maximum Gasteiger partial charge on any atom is 0.416 e. The van der Waals surface area contributed by atoms with E-state index in [1.54, 1.807) is 0 Å². The Morgan fingerprint density at radius 2 is 2.00 bits per heavy atom. The lowest BCUT2D eigenvalue weighted by Gasteiger charge is -2.23. The number of hydrogen-bond donors (Lipinski definition) is 2. The molecule has 7 heteroatoms. The number of amidine groups is 1. The van der Waals surface area contributed by atoms with Crippen LogP contribution in [0.2, 0.25) is 0 Å². The summed E-state index contributed by atoms with van der Waals surface area (Å²) in [5.41, 5.74) is 5.73. The van der Waals surface area contributed by atoms with Crippen LogP contribution in [-0.2, 0) is 12.7 Å². The van der Waals surface area contributed by atoms with Crippen molar-refractivity contribution in [3.05, 3.63) is 35.4 Å². The third-order valence-corrected chi connectivity index (χ3v) is 3.49. The third-order valence-electron chi connectivity index (χ3n) is 3.49. The Labute approximate surface area is 114 Å². The fourth-order valence-electron chi connectivity index (χ4n) is 2.45. The molecule has 1 heterocycles. The summed E-state index contributed by atoms with van der Waals surface area (Å²) in [5, 5.41) is 11.7. The fraction of sp³-hybridized carbons (Fsp3) is 0.462. The van der Waals surface area contributed by atoms with Gasteiger partial charge in [-0.25, -0.2) is 0 Å². The van der Waals surface area contributed by atoms with Crippen molar-refractivity contribution in [2.75, 3.05) is 6.54 Å². The van der Waals surface area contributed by atoms with Crippen molar-refractivity contribution >= 4 is 5.84 Å². The second-order valence-electron chi connectivity index (χ2n) is 4.85. The summed E-state index contributed by atoms with van der Waals surface area (Å²) in [6.45, 7) is 1.26. The minimum absolute atomic E-state index is 0.148. The molecular weight excluding hydrogens is 271 g/mol. The van der Waals surface area contributed by atoms with E-state index in [4.69, 9.17) is 10.9 Å². The Bertz CT molecular complexity index is 485. The molecule has 0 radical (unpaired) electrons. The van der Waals surface area contributed by atoms with Crippen molar-refractivity contribution in [2.45, 2.75) is 31.6 Å². The highest BCUT2D eigenvalue weighted by molar-refractivity contribution is 5.85. The number of nitrogens with two attached hydrogens (primary N) is 1. The van der Waals surface area contributed by atoms with E-state index < -0.39 is 11.7 Å². The summed E-state index contributed by atoms with van der Waals surface area (Å²) in [6, 6.07) is 4.92. The zero-order valence-electron chi connectivity index (χ0n) is 10.8. The second kappa shape index (κ2) is 5.70. The van der Waals surface area contributed by atoms with E-state index in [0.717, 1.165) is 37.1 Å². The molecule has 1 unspecified atom stereocenters. The van der Waals surface area contributed by atoms with Crippen molar-refractivity contribution in [3.63, 3.8) is 0 Å². The number of rotatable bonds is 3. The van der Waals surface area contributed by atoms with Crippen LogP contribution in [0.1, 0.15) is 24.0 Å². The minimum atomic E-state index is -4.32. The van der Waals surface area contributed by atoms with E-state index in [0.29, 0.717) is 6.54 Å². The Balaban J connectivity index is 2.06. The maximum atomic E-state index is 12.5. The maximum absolute atomic E-state index is 12.5. The average Bonchev–Trinajstić information content (AvgIpc) is 2.85. The molecule has 0 bridgehead atoms. The van der Waals surface area contributed by atoms with Crippen LogP contribution in [0.25, 0.3) is 0 Å². The Kier molecular flexibility index (Phi) is 4.17. The van der Waals surface area contributed by atoms with Gasteiger partial charge in [-0.2, -0.15) is 13.2 Å². The Morgan fingerprint density at radius 3 is 2.55 bits per heavy atom. The smallest absolute Gasteiger partial charge is 0.409 e. The van der Waals surface area contributed by atoms with Crippen molar-refractivity contribution in [1.82, 2.24) is 4.90 Å². The predicted molar refractivity (Wildman–Crippen MR) is 68.3 cm³/mol. The van der Waals surface area contributed by atoms with E-state index in [1.165, 1.54) is 12.1 Å². The molecule has 1 aliphatic heterocycles. The first kappa shape index (κ1) is 14.6. The molecule has 2 rings (SSSR count). The standard InChI is InChI=1S/C13H16F3N3O/c14-13(15,16)10-5-3-9(4-6-10)8-19-7-1-2-11(19)12(17)18-20/h3-6,11,20H,1-2,7-8H2,(H2,17,18). The molecular formula is C13H16F3N3O.